The van der Waals surface area contributed by atoms with Gasteiger partial charge in [-0.15, -0.1) is 0 Å². The Balaban J connectivity index is 2.35. The normalized spacial score (nSPS) is 15.3. The highest BCUT2D eigenvalue weighted by Crippen LogP contribution is 2.41. The van der Waals surface area contributed by atoms with Crippen molar-refractivity contribution in [2.75, 3.05) is 27.7 Å². The zero-order chi connectivity index (χ0) is 18.8. The van der Waals surface area contributed by atoms with Gasteiger partial charge in [0.25, 0.3) is 0 Å². The smallest absolute Gasteiger partial charge is 0.356 e. The lowest BCUT2D eigenvalue weighted by Gasteiger charge is -2.13. The number of carbonyl (C=O) groups excluding carboxylic acids is 2. The van der Waals surface area contributed by atoms with Crippen molar-refractivity contribution >= 4 is 22.8 Å². The molecule has 0 unspecified atom stereocenters. The summed E-state index contributed by atoms with van der Waals surface area (Å²) in [4.78, 5) is 31.8. The Morgan fingerprint density at radius 2 is 1.88 bits per heavy atom. The molecule has 1 aliphatic heterocycles. The average molecular weight is 358 g/mol. The van der Waals surface area contributed by atoms with Crippen molar-refractivity contribution in [2.45, 2.75) is 19.8 Å². The van der Waals surface area contributed by atoms with Crippen molar-refractivity contribution in [3.8, 4) is 11.5 Å². The first-order chi connectivity index (χ1) is 12.5. The van der Waals surface area contributed by atoms with E-state index in [-0.39, 0.29) is 0 Å². The molecule has 0 saturated carbocycles. The van der Waals surface area contributed by atoms with Gasteiger partial charge in [-0.1, -0.05) is 6.92 Å². The molecule has 1 aromatic carbocycles. The molecule has 1 aromatic heterocycles. The van der Waals surface area contributed by atoms with E-state index in [9.17, 15) is 9.59 Å². The molecule has 0 amide bonds. The fourth-order valence-corrected chi connectivity index (χ4v) is 3.15. The fraction of sp³-hybridized carbons (Fsp3) is 0.368. The first-order valence-electron chi connectivity index (χ1n) is 8.46. The minimum atomic E-state index is -0.654. The van der Waals surface area contributed by atoms with Gasteiger partial charge in [-0.2, -0.15) is 4.73 Å². The van der Waals surface area contributed by atoms with E-state index in [0.717, 1.165) is 35.3 Å². The first kappa shape index (κ1) is 18.0. The van der Waals surface area contributed by atoms with Gasteiger partial charge in [-0.05, 0) is 44.6 Å². The van der Waals surface area contributed by atoms with Gasteiger partial charge in [-0.3, -0.25) is 0 Å². The number of nitrogens with zero attached hydrogens (tertiary/aromatic N) is 2. The Hall–Kier alpha value is -2.80. The molecule has 7 heteroatoms. The highest BCUT2D eigenvalue weighted by atomic mass is 16.7. The number of rotatable bonds is 5. The zero-order valence-electron chi connectivity index (χ0n) is 15.4. The standard InChI is InChI=1S/C19H22N2O5/c1-5-13-12(10-11-20(2)3)18-14-6-7-15(24-4)19(18)25-16(22)8-9-17(23)26-21(13)14/h6-9H,5,10-11H2,1-4H3/b9-8-. The van der Waals surface area contributed by atoms with Crippen molar-refractivity contribution in [2.24, 2.45) is 0 Å². The van der Waals surface area contributed by atoms with Crippen LogP contribution in [0.2, 0.25) is 0 Å². The van der Waals surface area contributed by atoms with Crippen LogP contribution in [0.1, 0.15) is 18.2 Å². The molecule has 0 N–H and O–H groups in total. The van der Waals surface area contributed by atoms with Crippen LogP contribution in [-0.4, -0.2) is 49.3 Å². The fourth-order valence-electron chi connectivity index (χ4n) is 3.15. The number of likely N-dealkylation sites (N-methyl/N-ethyl adjacent to an activating group) is 1. The largest absolute Gasteiger partial charge is 0.493 e. The number of ether oxygens (including phenoxy) is 2. The van der Waals surface area contributed by atoms with E-state index in [1.165, 1.54) is 11.8 Å². The van der Waals surface area contributed by atoms with Gasteiger partial charge in [0, 0.05) is 18.7 Å². The van der Waals surface area contributed by atoms with Gasteiger partial charge in [0.05, 0.1) is 23.7 Å². The summed E-state index contributed by atoms with van der Waals surface area (Å²) >= 11 is 0. The highest BCUT2D eigenvalue weighted by molar-refractivity contribution is 5.99. The number of methoxy groups -OCH3 is 1. The maximum absolute atomic E-state index is 12.1. The Morgan fingerprint density at radius 3 is 2.54 bits per heavy atom. The Labute approximate surface area is 151 Å². The average Bonchev–Trinajstić information content (AvgIpc) is 2.90. The third kappa shape index (κ3) is 3.17. The molecule has 2 aromatic rings. The van der Waals surface area contributed by atoms with Crippen LogP contribution >= 0.6 is 0 Å². The molecule has 0 saturated heterocycles. The predicted molar refractivity (Wildman–Crippen MR) is 96.5 cm³/mol. The van der Waals surface area contributed by atoms with Gasteiger partial charge in [0.1, 0.15) is 0 Å². The number of hydrogen-bond donors (Lipinski definition) is 0. The molecular weight excluding hydrogens is 336 g/mol. The zero-order valence-corrected chi connectivity index (χ0v) is 15.4. The van der Waals surface area contributed by atoms with E-state index in [2.05, 4.69) is 4.90 Å². The number of hydrogen-bond acceptors (Lipinski definition) is 6. The summed E-state index contributed by atoms with van der Waals surface area (Å²) in [6.45, 7) is 2.79. The Morgan fingerprint density at radius 1 is 1.15 bits per heavy atom. The summed E-state index contributed by atoms with van der Waals surface area (Å²) in [5, 5.41) is 0.736. The van der Waals surface area contributed by atoms with Crippen molar-refractivity contribution < 1.29 is 23.9 Å². The van der Waals surface area contributed by atoms with E-state index in [1.807, 2.05) is 27.1 Å². The molecule has 0 atom stereocenters. The van der Waals surface area contributed by atoms with Crippen molar-refractivity contribution in [3.63, 3.8) is 0 Å². The number of carbonyl (C=O) groups is 2. The molecule has 3 rings (SSSR count). The SMILES string of the molecule is CCc1c(CCN(C)C)c2c3c(OC)ccc2n1OC(=O)/C=C\C(=O)O3. The molecule has 138 valence electrons. The minimum absolute atomic E-state index is 0.347. The van der Waals surface area contributed by atoms with Crippen molar-refractivity contribution in [3.05, 3.63) is 35.5 Å². The summed E-state index contributed by atoms with van der Waals surface area (Å²) in [6, 6.07) is 3.51. The summed E-state index contributed by atoms with van der Waals surface area (Å²) in [6.07, 6.45) is 3.48. The quantitative estimate of drug-likeness (QED) is 0.599. The van der Waals surface area contributed by atoms with E-state index >= 15 is 0 Å². The second-order valence-corrected chi connectivity index (χ2v) is 6.28. The summed E-state index contributed by atoms with van der Waals surface area (Å²) in [5.74, 6) is -0.483. The van der Waals surface area contributed by atoms with E-state index < -0.39 is 11.9 Å². The molecule has 4 bridgehead atoms. The molecule has 2 heterocycles. The number of aromatic nitrogens is 1. The van der Waals surface area contributed by atoms with Gasteiger partial charge in [0.2, 0.25) is 0 Å². The monoisotopic (exact) mass is 358 g/mol. The van der Waals surface area contributed by atoms with Gasteiger partial charge < -0.3 is 19.2 Å². The first-order valence-corrected chi connectivity index (χ1v) is 8.46. The second kappa shape index (κ2) is 7.21. The number of benzene rings is 1. The summed E-state index contributed by atoms with van der Waals surface area (Å²) in [5.41, 5.74) is 2.52. The van der Waals surface area contributed by atoms with Crippen LogP contribution in [0, 0.1) is 0 Å². The topological polar surface area (TPSA) is 70.0 Å². The lowest BCUT2D eigenvalue weighted by molar-refractivity contribution is -0.138. The van der Waals surface area contributed by atoms with Crippen LogP contribution in [0.4, 0.5) is 0 Å². The molecule has 0 fully saturated rings. The second-order valence-electron chi connectivity index (χ2n) is 6.28. The molecular formula is C19H22N2O5. The van der Waals surface area contributed by atoms with E-state index in [0.29, 0.717) is 29.9 Å². The molecule has 7 nitrogen and oxygen atoms in total. The minimum Gasteiger partial charge on any atom is -0.493 e. The number of esters is 1. The third-order valence-corrected chi connectivity index (χ3v) is 4.32. The van der Waals surface area contributed by atoms with Crippen molar-refractivity contribution in [1.82, 2.24) is 9.63 Å². The van der Waals surface area contributed by atoms with Gasteiger partial charge >= 0.3 is 11.9 Å². The van der Waals surface area contributed by atoms with Crippen LogP contribution in [0.25, 0.3) is 10.9 Å². The predicted octanol–water partition coefficient (Wildman–Crippen LogP) is 1.75. The van der Waals surface area contributed by atoms with Gasteiger partial charge in [0.15, 0.2) is 11.5 Å². The van der Waals surface area contributed by atoms with Gasteiger partial charge in [-0.25, -0.2) is 9.59 Å². The van der Waals surface area contributed by atoms with E-state index in [4.69, 9.17) is 14.3 Å². The third-order valence-electron chi connectivity index (χ3n) is 4.32. The molecule has 26 heavy (non-hydrogen) atoms. The Kier molecular flexibility index (Phi) is 4.99. The van der Waals surface area contributed by atoms with Crippen LogP contribution in [-0.2, 0) is 22.4 Å². The Bertz CT molecular complexity index is 895. The van der Waals surface area contributed by atoms with Crippen LogP contribution < -0.4 is 14.3 Å². The van der Waals surface area contributed by atoms with Crippen LogP contribution in [0.3, 0.4) is 0 Å². The lowest BCUT2D eigenvalue weighted by atomic mass is 10.0. The lowest BCUT2D eigenvalue weighted by Crippen LogP contribution is -2.21. The molecule has 0 radical (unpaired) electrons. The summed E-state index contributed by atoms with van der Waals surface area (Å²) < 4.78 is 12.5. The maximum Gasteiger partial charge on any atom is 0.356 e. The summed E-state index contributed by atoms with van der Waals surface area (Å²) in [7, 11) is 5.51. The van der Waals surface area contributed by atoms with Crippen LogP contribution in [0.5, 0.6) is 11.5 Å². The highest BCUT2D eigenvalue weighted by Gasteiger charge is 2.26. The molecule has 0 aliphatic carbocycles. The van der Waals surface area contributed by atoms with E-state index in [1.54, 1.807) is 6.07 Å². The maximum atomic E-state index is 12.1. The van der Waals surface area contributed by atoms with Crippen molar-refractivity contribution in [1.29, 1.82) is 0 Å². The molecule has 0 spiro atoms. The van der Waals surface area contributed by atoms with Crippen LogP contribution in [0.15, 0.2) is 24.3 Å². The molecule has 1 aliphatic rings.